The molecule has 3 heteroatoms. The van der Waals surface area contributed by atoms with E-state index in [0.29, 0.717) is 6.42 Å². The van der Waals surface area contributed by atoms with Crippen LogP contribution in [0.4, 0.5) is 0 Å². The van der Waals surface area contributed by atoms with E-state index < -0.39 is 0 Å². The van der Waals surface area contributed by atoms with Crippen LogP contribution in [0.25, 0.3) is 10.9 Å². The molecule has 1 amide bonds. The van der Waals surface area contributed by atoms with Crippen molar-refractivity contribution in [3.63, 3.8) is 0 Å². The lowest BCUT2D eigenvalue weighted by Gasteiger charge is -2.26. The van der Waals surface area contributed by atoms with Crippen LogP contribution < -0.4 is 0 Å². The Morgan fingerprint density at radius 3 is 2.75 bits per heavy atom. The zero-order valence-corrected chi connectivity index (χ0v) is 12.6. The van der Waals surface area contributed by atoms with E-state index in [4.69, 9.17) is 0 Å². The average Bonchev–Trinajstić information content (AvgIpc) is 2.85. The topological polar surface area (TPSA) is 36.1 Å². The molecule has 1 heterocycles. The Hall–Kier alpha value is -1.77. The van der Waals surface area contributed by atoms with Crippen LogP contribution in [-0.2, 0) is 11.2 Å². The van der Waals surface area contributed by atoms with Gasteiger partial charge in [-0.1, -0.05) is 25.1 Å². The molecule has 1 aromatic carbocycles. The molecule has 0 unspecified atom stereocenters. The second-order valence-electron chi connectivity index (χ2n) is 5.54. The van der Waals surface area contributed by atoms with E-state index in [1.165, 1.54) is 10.9 Å². The highest BCUT2D eigenvalue weighted by molar-refractivity contribution is 5.84. The molecule has 0 atom stereocenters. The first-order valence-corrected chi connectivity index (χ1v) is 7.48. The van der Waals surface area contributed by atoms with Crippen LogP contribution in [-0.4, -0.2) is 28.4 Å². The summed E-state index contributed by atoms with van der Waals surface area (Å²) in [6, 6.07) is 8.52. The number of carbonyl (C=O) groups excluding carboxylic acids is 1. The molecule has 0 saturated heterocycles. The Labute approximate surface area is 121 Å². The number of amides is 1. The molecule has 0 aliphatic carbocycles. The van der Waals surface area contributed by atoms with Crippen molar-refractivity contribution in [1.82, 2.24) is 9.88 Å². The number of hydrogen-bond acceptors (Lipinski definition) is 1. The lowest BCUT2D eigenvalue weighted by molar-refractivity contribution is -0.132. The summed E-state index contributed by atoms with van der Waals surface area (Å²) < 4.78 is 0. The summed E-state index contributed by atoms with van der Waals surface area (Å²) in [5.41, 5.74) is 2.37. The number of para-hydroxylation sites is 1. The summed E-state index contributed by atoms with van der Waals surface area (Å²) >= 11 is 0. The molecule has 108 valence electrons. The number of aryl methyl sites for hydroxylation is 1. The highest BCUT2D eigenvalue weighted by Crippen LogP contribution is 2.19. The van der Waals surface area contributed by atoms with E-state index >= 15 is 0 Å². The van der Waals surface area contributed by atoms with Gasteiger partial charge in [0.25, 0.3) is 0 Å². The van der Waals surface area contributed by atoms with Crippen molar-refractivity contribution in [1.29, 1.82) is 0 Å². The Kier molecular flexibility index (Phi) is 4.83. The third kappa shape index (κ3) is 3.21. The van der Waals surface area contributed by atoms with Crippen LogP contribution in [0.1, 0.15) is 39.2 Å². The van der Waals surface area contributed by atoms with Gasteiger partial charge in [-0.05, 0) is 38.3 Å². The fourth-order valence-electron chi connectivity index (χ4n) is 2.64. The van der Waals surface area contributed by atoms with Gasteiger partial charge in [0.2, 0.25) is 5.91 Å². The van der Waals surface area contributed by atoms with Crippen molar-refractivity contribution in [2.75, 3.05) is 6.54 Å². The Balaban J connectivity index is 2.02. The lowest BCUT2D eigenvalue weighted by Crippen LogP contribution is -2.37. The molecule has 0 radical (unpaired) electrons. The van der Waals surface area contributed by atoms with Gasteiger partial charge in [-0.25, -0.2) is 0 Å². The molecule has 2 aromatic rings. The Morgan fingerprint density at radius 2 is 2.05 bits per heavy atom. The molecule has 20 heavy (non-hydrogen) atoms. The second kappa shape index (κ2) is 6.60. The maximum atomic E-state index is 12.3. The summed E-state index contributed by atoms with van der Waals surface area (Å²) in [5, 5.41) is 1.23. The smallest absolute Gasteiger partial charge is 0.223 e. The maximum Gasteiger partial charge on any atom is 0.223 e. The molecule has 2 rings (SSSR count). The number of rotatable bonds is 6. The fraction of sp³-hybridized carbons (Fsp3) is 0.471. The molecule has 1 aromatic heterocycles. The van der Waals surface area contributed by atoms with Crippen molar-refractivity contribution in [2.45, 2.75) is 46.1 Å². The molecule has 3 nitrogen and oxygen atoms in total. The summed E-state index contributed by atoms with van der Waals surface area (Å²) in [4.78, 5) is 17.6. The standard InChI is InChI=1S/C17H24N2O/c1-4-11-19(13(2)3)17(20)10-9-14-12-18-16-8-6-5-7-15(14)16/h5-8,12-13,18H,4,9-11H2,1-3H3. The molecule has 0 bridgehead atoms. The summed E-state index contributed by atoms with van der Waals surface area (Å²) in [6.07, 6.45) is 4.42. The largest absolute Gasteiger partial charge is 0.361 e. The SMILES string of the molecule is CCCN(C(=O)CCc1c[nH]c2ccccc12)C(C)C. The Bertz CT molecular complexity index is 571. The fourth-order valence-corrected chi connectivity index (χ4v) is 2.64. The minimum absolute atomic E-state index is 0.257. The molecular weight excluding hydrogens is 248 g/mol. The minimum atomic E-state index is 0.257. The van der Waals surface area contributed by atoms with Crippen LogP contribution in [0.3, 0.4) is 0 Å². The quantitative estimate of drug-likeness (QED) is 0.854. The van der Waals surface area contributed by atoms with Crippen molar-refractivity contribution < 1.29 is 4.79 Å². The van der Waals surface area contributed by atoms with E-state index in [1.807, 2.05) is 23.2 Å². The third-order valence-corrected chi connectivity index (χ3v) is 3.69. The minimum Gasteiger partial charge on any atom is -0.361 e. The summed E-state index contributed by atoms with van der Waals surface area (Å²) in [7, 11) is 0. The number of nitrogens with zero attached hydrogens (tertiary/aromatic N) is 1. The van der Waals surface area contributed by atoms with Crippen LogP contribution in [0.15, 0.2) is 30.5 Å². The zero-order chi connectivity index (χ0) is 14.5. The second-order valence-corrected chi connectivity index (χ2v) is 5.54. The summed E-state index contributed by atoms with van der Waals surface area (Å²) in [6.45, 7) is 7.13. The number of H-pyrrole nitrogens is 1. The van der Waals surface area contributed by atoms with E-state index in [9.17, 15) is 4.79 Å². The van der Waals surface area contributed by atoms with Gasteiger partial charge in [-0.15, -0.1) is 0 Å². The van der Waals surface area contributed by atoms with Crippen LogP contribution in [0, 0.1) is 0 Å². The monoisotopic (exact) mass is 272 g/mol. The van der Waals surface area contributed by atoms with Gasteiger partial charge < -0.3 is 9.88 Å². The molecule has 0 aliphatic rings. The van der Waals surface area contributed by atoms with Crippen LogP contribution in [0.2, 0.25) is 0 Å². The molecule has 0 aliphatic heterocycles. The number of hydrogen-bond donors (Lipinski definition) is 1. The van der Waals surface area contributed by atoms with E-state index in [1.54, 1.807) is 0 Å². The number of carbonyl (C=O) groups is 1. The highest BCUT2D eigenvalue weighted by Gasteiger charge is 2.16. The molecular formula is C17H24N2O. The van der Waals surface area contributed by atoms with Gasteiger partial charge in [-0.2, -0.15) is 0 Å². The molecule has 1 N–H and O–H groups in total. The van der Waals surface area contributed by atoms with E-state index in [0.717, 1.165) is 24.9 Å². The highest BCUT2D eigenvalue weighted by atomic mass is 16.2. The predicted octanol–water partition coefficient (Wildman–Crippen LogP) is 3.75. The number of nitrogens with one attached hydrogen (secondary N) is 1. The molecule has 0 fully saturated rings. The van der Waals surface area contributed by atoms with Gasteiger partial charge in [0.15, 0.2) is 0 Å². The first-order chi connectivity index (χ1) is 9.63. The average molecular weight is 272 g/mol. The van der Waals surface area contributed by atoms with Gasteiger partial charge in [0.1, 0.15) is 0 Å². The first-order valence-electron chi connectivity index (χ1n) is 7.48. The van der Waals surface area contributed by atoms with Crippen molar-refractivity contribution in [2.24, 2.45) is 0 Å². The van der Waals surface area contributed by atoms with Gasteiger partial charge in [-0.3, -0.25) is 4.79 Å². The van der Waals surface area contributed by atoms with Crippen molar-refractivity contribution in [3.8, 4) is 0 Å². The first kappa shape index (κ1) is 14.6. The Morgan fingerprint density at radius 1 is 1.30 bits per heavy atom. The number of fused-ring (bicyclic) bond motifs is 1. The van der Waals surface area contributed by atoms with E-state index in [-0.39, 0.29) is 11.9 Å². The third-order valence-electron chi connectivity index (χ3n) is 3.69. The summed E-state index contributed by atoms with van der Waals surface area (Å²) in [5.74, 6) is 0.257. The van der Waals surface area contributed by atoms with Crippen LogP contribution >= 0.6 is 0 Å². The number of aromatic nitrogens is 1. The van der Waals surface area contributed by atoms with Crippen molar-refractivity contribution in [3.05, 3.63) is 36.0 Å². The zero-order valence-electron chi connectivity index (χ0n) is 12.6. The molecule has 0 saturated carbocycles. The predicted molar refractivity (Wildman–Crippen MR) is 83.8 cm³/mol. The maximum absolute atomic E-state index is 12.3. The normalized spacial score (nSPS) is 11.2. The number of benzene rings is 1. The molecule has 0 spiro atoms. The van der Waals surface area contributed by atoms with Crippen LogP contribution in [0.5, 0.6) is 0 Å². The van der Waals surface area contributed by atoms with Gasteiger partial charge in [0, 0.05) is 36.1 Å². The number of aromatic amines is 1. The lowest BCUT2D eigenvalue weighted by atomic mass is 10.1. The van der Waals surface area contributed by atoms with Crippen molar-refractivity contribution >= 4 is 16.8 Å². The van der Waals surface area contributed by atoms with Gasteiger partial charge in [0.05, 0.1) is 0 Å². The van der Waals surface area contributed by atoms with Gasteiger partial charge >= 0.3 is 0 Å². The van der Waals surface area contributed by atoms with E-state index in [2.05, 4.69) is 37.9 Å².